The van der Waals surface area contributed by atoms with Crippen molar-refractivity contribution in [2.24, 2.45) is 0 Å². The Morgan fingerprint density at radius 3 is 2.68 bits per heavy atom. The first-order chi connectivity index (χ1) is 14.8. The molecule has 0 radical (unpaired) electrons. The van der Waals surface area contributed by atoms with Crippen molar-refractivity contribution in [3.05, 3.63) is 57.1 Å². The number of amides is 2. The minimum absolute atomic E-state index is 0.0679. The third-order valence-corrected chi connectivity index (χ3v) is 4.79. The zero-order valence-electron chi connectivity index (χ0n) is 16.4. The summed E-state index contributed by atoms with van der Waals surface area (Å²) in [5, 5.41) is 13.9. The molecule has 10 nitrogen and oxygen atoms in total. The van der Waals surface area contributed by atoms with Crippen LogP contribution in [0.3, 0.4) is 0 Å². The largest absolute Gasteiger partial charge is 0.496 e. The van der Waals surface area contributed by atoms with Crippen molar-refractivity contribution in [3.8, 4) is 5.75 Å². The highest BCUT2D eigenvalue weighted by Gasteiger charge is 2.27. The summed E-state index contributed by atoms with van der Waals surface area (Å²) < 4.78 is 9.99. The number of hydrogen-bond donors (Lipinski definition) is 1. The molecule has 2 aromatic rings. The van der Waals surface area contributed by atoms with Crippen LogP contribution in [0.5, 0.6) is 5.75 Å². The zero-order chi connectivity index (χ0) is 22.5. The lowest BCUT2D eigenvalue weighted by molar-refractivity contribution is -0.384. The van der Waals surface area contributed by atoms with E-state index in [2.05, 4.69) is 5.32 Å². The van der Waals surface area contributed by atoms with E-state index in [1.807, 2.05) is 0 Å². The minimum Gasteiger partial charge on any atom is -0.496 e. The number of anilines is 2. The fourth-order valence-electron chi connectivity index (χ4n) is 3.09. The van der Waals surface area contributed by atoms with Crippen LogP contribution in [0, 0.1) is 10.1 Å². The Hall–Kier alpha value is -3.66. The number of esters is 1. The van der Waals surface area contributed by atoms with Gasteiger partial charge in [-0.1, -0.05) is 11.6 Å². The van der Waals surface area contributed by atoms with E-state index in [1.54, 1.807) is 0 Å². The van der Waals surface area contributed by atoms with Crippen LogP contribution in [0.25, 0.3) is 0 Å². The lowest BCUT2D eigenvalue weighted by atomic mass is 10.1. The lowest BCUT2D eigenvalue weighted by Gasteiger charge is -2.19. The predicted molar refractivity (Wildman–Crippen MR) is 112 cm³/mol. The van der Waals surface area contributed by atoms with Crippen molar-refractivity contribution in [3.63, 3.8) is 0 Å². The number of nitro groups is 1. The molecule has 2 amide bonds. The smallest absolute Gasteiger partial charge is 0.340 e. The van der Waals surface area contributed by atoms with Gasteiger partial charge in [-0.2, -0.15) is 0 Å². The van der Waals surface area contributed by atoms with Gasteiger partial charge in [0.2, 0.25) is 5.91 Å². The minimum atomic E-state index is -0.828. The highest BCUT2D eigenvalue weighted by atomic mass is 35.5. The first-order valence-electron chi connectivity index (χ1n) is 9.19. The van der Waals surface area contributed by atoms with Gasteiger partial charge in [-0.3, -0.25) is 19.7 Å². The molecular weight excluding hydrogens is 430 g/mol. The number of nitrogens with one attached hydrogen (secondary N) is 1. The fourth-order valence-corrected chi connectivity index (χ4v) is 3.26. The van der Waals surface area contributed by atoms with E-state index in [0.717, 1.165) is 6.07 Å². The number of carbonyl (C=O) groups excluding carboxylic acids is 3. The summed E-state index contributed by atoms with van der Waals surface area (Å²) in [6.07, 6.45) is 1.02. The summed E-state index contributed by atoms with van der Waals surface area (Å²) in [6.45, 7) is -0.237. The molecule has 1 fully saturated rings. The monoisotopic (exact) mass is 447 g/mol. The Labute approximate surface area is 181 Å². The molecule has 0 aliphatic carbocycles. The van der Waals surface area contributed by atoms with E-state index in [-0.39, 0.29) is 28.6 Å². The second-order valence-electron chi connectivity index (χ2n) is 6.57. The number of rotatable bonds is 7. The van der Waals surface area contributed by atoms with Crippen LogP contribution in [0.1, 0.15) is 23.2 Å². The molecule has 0 aromatic heterocycles. The van der Waals surface area contributed by atoms with Crippen molar-refractivity contribution >= 4 is 46.4 Å². The normalized spacial score (nSPS) is 13.1. The van der Waals surface area contributed by atoms with Crippen LogP contribution in [0.2, 0.25) is 5.02 Å². The molecule has 162 valence electrons. The number of methoxy groups -OCH3 is 1. The number of nitrogens with zero attached hydrogens (tertiary/aromatic N) is 2. The van der Waals surface area contributed by atoms with Gasteiger partial charge in [0.05, 0.1) is 29.4 Å². The van der Waals surface area contributed by atoms with Gasteiger partial charge >= 0.3 is 5.97 Å². The van der Waals surface area contributed by atoms with Gasteiger partial charge in [-0.05, 0) is 36.8 Å². The molecule has 0 spiro atoms. The van der Waals surface area contributed by atoms with Crippen LogP contribution in [-0.2, 0) is 14.3 Å². The average molecular weight is 448 g/mol. The first kappa shape index (κ1) is 22.0. The molecule has 1 N–H and O–H groups in total. The number of hydrogen-bond acceptors (Lipinski definition) is 7. The van der Waals surface area contributed by atoms with Crippen molar-refractivity contribution in [2.45, 2.75) is 12.8 Å². The molecule has 2 aromatic carbocycles. The molecular formula is C20H18ClN3O7. The van der Waals surface area contributed by atoms with Crippen LogP contribution >= 0.6 is 11.6 Å². The number of nitro benzene ring substituents is 1. The molecule has 31 heavy (non-hydrogen) atoms. The first-order valence-corrected chi connectivity index (χ1v) is 9.57. The quantitative estimate of drug-likeness (QED) is 0.392. The highest BCUT2D eigenvalue weighted by Crippen LogP contribution is 2.30. The maximum absolute atomic E-state index is 12.5. The van der Waals surface area contributed by atoms with Gasteiger partial charge in [0.25, 0.3) is 11.6 Å². The van der Waals surface area contributed by atoms with E-state index in [0.29, 0.717) is 30.1 Å². The summed E-state index contributed by atoms with van der Waals surface area (Å²) in [4.78, 5) is 48.8. The molecule has 1 aliphatic heterocycles. The molecule has 11 heteroatoms. The summed E-state index contributed by atoms with van der Waals surface area (Å²) in [5.74, 6) is -1.48. The fraction of sp³-hybridized carbons (Fsp3) is 0.250. The van der Waals surface area contributed by atoms with Crippen molar-refractivity contribution in [2.75, 3.05) is 30.5 Å². The predicted octanol–water partition coefficient (Wildman–Crippen LogP) is 3.18. The zero-order valence-corrected chi connectivity index (χ0v) is 17.2. The second kappa shape index (κ2) is 9.43. The average Bonchev–Trinajstić information content (AvgIpc) is 3.17. The van der Waals surface area contributed by atoms with Crippen LogP contribution in [0.4, 0.5) is 17.1 Å². The third kappa shape index (κ3) is 5.10. The van der Waals surface area contributed by atoms with Crippen molar-refractivity contribution < 1.29 is 28.8 Å². The Morgan fingerprint density at radius 2 is 2.03 bits per heavy atom. The summed E-state index contributed by atoms with van der Waals surface area (Å²) in [6, 6.07) is 8.30. The van der Waals surface area contributed by atoms with Gasteiger partial charge in [-0.15, -0.1) is 0 Å². The number of carbonyl (C=O) groups is 3. The van der Waals surface area contributed by atoms with E-state index in [1.165, 1.54) is 42.3 Å². The topological polar surface area (TPSA) is 128 Å². The molecule has 0 saturated carbocycles. The van der Waals surface area contributed by atoms with E-state index >= 15 is 0 Å². The Kier molecular flexibility index (Phi) is 6.71. The van der Waals surface area contributed by atoms with Gasteiger partial charge in [0, 0.05) is 18.0 Å². The number of benzene rings is 2. The molecule has 0 atom stereocenters. The number of ether oxygens (including phenoxy) is 2. The van der Waals surface area contributed by atoms with Gasteiger partial charge in [0.1, 0.15) is 11.4 Å². The molecule has 1 heterocycles. The Bertz CT molecular complexity index is 1060. The number of halogens is 1. The standard InChI is InChI=1S/C20H18ClN3O7/c1-30-13-5-7-15(17(10-13)24(28)29)22-18(25)11-31-20(27)14-6-4-12(21)9-16(14)23-8-2-3-19(23)26/h4-7,9-10H,2-3,8,11H2,1H3,(H,22,25). The van der Waals surface area contributed by atoms with Crippen LogP contribution < -0.4 is 15.0 Å². The SMILES string of the molecule is COc1ccc(NC(=O)COC(=O)c2ccc(Cl)cc2N2CCCC2=O)c([N+](=O)[O-])c1. The van der Waals surface area contributed by atoms with E-state index < -0.39 is 23.4 Å². The van der Waals surface area contributed by atoms with Gasteiger partial charge in [0.15, 0.2) is 6.61 Å². The van der Waals surface area contributed by atoms with Crippen LogP contribution in [-0.4, -0.2) is 43.0 Å². The lowest BCUT2D eigenvalue weighted by Crippen LogP contribution is -2.27. The Morgan fingerprint density at radius 1 is 1.26 bits per heavy atom. The molecule has 1 saturated heterocycles. The molecule has 3 rings (SSSR count). The van der Waals surface area contributed by atoms with Gasteiger partial charge in [-0.25, -0.2) is 4.79 Å². The van der Waals surface area contributed by atoms with E-state index in [4.69, 9.17) is 21.1 Å². The molecule has 0 bridgehead atoms. The van der Waals surface area contributed by atoms with Crippen molar-refractivity contribution in [1.29, 1.82) is 0 Å². The highest BCUT2D eigenvalue weighted by molar-refractivity contribution is 6.31. The van der Waals surface area contributed by atoms with Gasteiger partial charge < -0.3 is 19.7 Å². The van der Waals surface area contributed by atoms with Crippen LogP contribution in [0.15, 0.2) is 36.4 Å². The second-order valence-corrected chi connectivity index (χ2v) is 7.01. The Balaban J connectivity index is 1.70. The van der Waals surface area contributed by atoms with E-state index in [9.17, 15) is 24.5 Å². The third-order valence-electron chi connectivity index (χ3n) is 4.55. The molecule has 1 aliphatic rings. The summed E-state index contributed by atoms with van der Waals surface area (Å²) >= 11 is 6.01. The maximum Gasteiger partial charge on any atom is 0.340 e. The van der Waals surface area contributed by atoms with Crippen molar-refractivity contribution in [1.82, 2.24) is 0 Å². The summed E-state index contributed by atoms with van der Waals surface area (Å²) in [5.41, 5.74) is -0.0395. The summed E-state index contributed by atoms with van der Waals surface area (Å²) in [7, 11) is 1.36. The molecule has 0 unspecified atom stereocenters. The maximum atomic E-state index is 12.5.